The fourth-order valence-electron chi connectivity index (χ4n) is 1.56. The first kappa shape index (κ1) is 11.0. The summed E-state index contributed by atoms with van der Waals surface area (Å²) in [5, 5.41) is -0.507. The van der Waals surface area contributed by atoms with Gasteiger partial charge < -0.3 is 4.74 Å². The molecule has 0 radical (unpaired) electrons. The van der Waals surface area contributed by atoms with Gasteiger partial charge in [0, 0.05) is 17.8 Å². The molecule has 1 aliphatic heterocycles. The van der Waals surface area contributed by atoms with Crippen molar-refractivity contribution in [1.29, 1.82) is 0 Å². The molecule has 1 aromatic carbocycles. The Labute approximate surface area is 97.7 Å². The first-order valence-electron chi connectivity index (χ1n) is 4.92. The minimum atomic E-state index is -0.507. The summed E-state index contributed by atoms with van der Waals surface area (Å²) in [7, 11) is 0. The number of amides is 1. The van der Waals surface area contributed by atoms with Crippen LogP contribution in [0.3, 0.4) is 0 Å². The number of benzene rings is 1. The molecule has 0 atom stereocenters. The van der Waals surface area contributed by atoms with E-state index in [1.165, 1.54) is 4.90 Å². The first-order valence-corrected chi connectivity index (χ1v) is 5.30. The highest BCUT2D eigenvalue weighted by molar-refractivity contribution is 6.67. The predicted molar refractivity (Wildman–Crippen MR) is 59.9 cm³/mol. The third kappa shape index (κ3) is 2.17. The van der Waals surface area contributed by atoms with E-state index in [2.05, 4.69) is 0 Å². The number of anilines is 1. The van der Waals surface area contributed by atoms with Crippen molar-refractivity contribution in [3.8, 4) is 0 Å². The van der Waals surface area contributed by atoms with Gasteiger partial charge in [-0.1, -0.05) is 0 Å². The number of rotatable bonds is 2. The molecular formula is C11H10ClNO3. The average Bonchev–Trinajstić information content (AvgIpc) is 2.30. The zero-order chi connectivity index (χ0) is 11.5. The number of hydrogen-bond donors (Lipinski definition) is 0. The minimum Gasteiger partial charge on any atom is -0.449 e. The summed E-state index contributed by atoms with van der Waals surface area (Å²) in [6.45, 7) is 1.10. The zero-order valence-electron chi connectivity index (χ0n) is 8.48. The van der Waals surface area contributed by atoms with E-state index < -0.39 is 5.24 Å². The molecular weight excluding hydrogens is 230 g/mol. The summed E-state index contributed by atoms with van der Waals surface area (Å²) in [5.74, 6) is 0. The van der Waals surface area contributed by atoms with Crippen molar-refractivity contribution in [1.82, 2.24) is 0 Å². The Morgan fingerprint density at radius 3 is 2.56 bits per heavy atom. The van der Waals surface area contributed by atoms with Crippen LogP contribution in [0.1, 0.15) is 16.8 Å². The molecule has 84 valence electrons. The highest BCUT2D eigenvalue weighted by Crippen LogP contribution is 2.19. The molecule has 1 amide bonds. The van der Waals surface area contributed by atoms with Crippen LogP contribution in [0.4, 0.5) is 10.5 Å². The topological polar surface area (TPSA) is 46.6 Å². The van der Waals surface area contributed by atoms with Gasteiger partial charge in [-0.05, 0) is 42.3 Å². The average molecular weight is 240 g/mol. The Hall–Kier alpha value is -1.55. The van der Waals surface area contributed by atoms with Crippen LogP contribution >= 0.6 is 11.6 Å². The molecule has 0 saturated carbocycles. The maximum absolute atomic E-state index is 11.4. The summed E-state index contributed by atoms with van der Waals surface area (Å²) >= 11 is 5.33. The number of halogens is 1. The van der Waals surface area contributed by atoms with Gasteiger partial charge in [-0.2, -0.15) is 0 Å². The maximum atomic E-state index is 11.4. The Balaban J connectivity index is 2.20. The van der Waals surface area contributed by atoms with E-state index in [-0.39, 0.29) is 6.09 Å². The quantitative estimate of drug-likeness (QED) is 0.745. The molecule has 1 aliphatic rings. The highest BCUT2D eigenvalue weighted by atomic mass is 35.5. The fraction of sp³-hybridized carbons (Fsp3) is 0.273. The van der Waals surface area contributed by atoms with E-state index in [1.807, 2.05) is 0 Å². The molecule has 1 saturated heterocycles. The van der Waals surface area contributed by atoms with Gasteiger partial charge in [0.05, 0.1) is 6.61 Å². The lowest BCUT2D eigenvalue weighted by atomic mass is 10.2. The lowest BCUT2D eigenvalue weighted by molar-refractivity contribution is 0.108. The van der Waals surface area contributed by atoms with E-state index in [0.717, 1.165) is 6.42 Å². The second kappa shape index (κ2) is 4.53. The Morgan fingerprint density at radius 2 is 2.00 bits per heavy atom. The lowest BCUT2D eigenvalue weighted by Gasteiger charge is -2.26. The smallest absolute Gasteiger partial charge is 0.414 e. The Kier molecular flexibility index (Phi) is 3.10. The van der Waals surface area contributed by atoms with Crippen LogP contribution in [-0.4, -0.2) is 24.5 Å². The largest absolute Gasteiger partial charge is 0.449 e. The SMILES string of the molecule is O=C(Cl)c1ccc(N2CCCOC2=O)cc1. The Bertz CT molecular complexity index is 416. The summed E-state index contributed by atoms with van der Waals surface area (Å²) in [4.78, 5) is 23.8. The molecule has 0 bridgehead atoms. The van der Waals surface area contributed by atoms with Crippen LogP contribution in [0.5, 0.6) is 0 Å². The van der Waals surface area contributed by atoms with Crippen molar-refractivity contribution < 1.29 is 14.3 Å². The van der Waals surface area contributed by atoms with Crippen LogP contribution in [-0.2, 0) is 4.74 Å². The summed E-state index contributed by atoms with van der Waals surface area (Å²) < 4.78 is 4.92. The van der Waals surface area contributed by atoms with Crippen LogP contribution in [0.25, 0.3) is 0 Å². The molecule has 0 N–H and O–H groups in total. The van der Waals surface area contributed by atoms with Gasteiger partial charge in [0.2, 0.25) is 0 Å². The van der Waals surface area contributed by atoms with Crippen LogP contribution in [0.2, 0.25) is 0 Å². The number of ether oxygens (including phenoxy) is 1. The Morgan fingerprint density at radius 1 is 1.31 bits per heavy atom. The van der Waals surface area contributed by atoms with Gasteiger partial charge in [-0.25, -0.2) is 4.79 Å². The second-order valence-corrected chi connectivity index (χ2v) is 3.78. The van der Waals surface area contributed by atoms with E-state index in [1.54, 1.807) is 24.3 Å². The predicted octanol–water partition coefficient (Wildman–Crippen LogP) is 2.41. The van der Waals surface area contributed by atoms with Gasteiger partial charge in [-0.15, -0.1) is 0 Å². The third-order valence-electron chi connectivity index (χ3n) is 2.38. The van der Waals surface area contributed by atoms with Crippen molar-refractivity contribution in [2.24, 2.45) is 0 Å². The highest BCUT2D eigenvalue weighted by Gasteiger charge is 2.21. The fourth-order valence-corrected chi connectivity index (χ4v) is 1.68. The molecule has 5 heteroatoms. The molecule has 0 spiro atoms. The normalized spacial score (nSPS) is 15.8. The molecule has 1 aromatic rings. The maximum Gasteiger partial charge on any atom is 0.414 e. The van der Waals surface area contributed by atoms with Crippen LogP contribution < -0.4 is 4.90 Å². The van der Waals surface area contributed by atoms with Gasteiger partial charge in [0.15, 0.2) is 0 Å². The summed E-state index contributed by atoms with van der Waals surface area (Å²) in [6.07, 6.45) is 0.457. The van der Waals surface area contributed by atoms with Gasteiger partial charge in [0.25, 0.3) is 5.24 Å². The molecule has 1 fully saturated rings. The number of nitrogens with zero attached hydrogens (tertiary/aromatic N) is 1. The third-order valence-corrected chi connectivity index (χ3v) is 2.60. The van der Waals surface area contributed by atoms with E-state index >= 15 is 0 Å². The van der Waals surface area contributed by atoms with E-state index in [4.69, 9.17) is 16.3 Å². The second-order valence-electron chi connectivity index (χ2n) is 3.44. The monoisotopic (exact) mass is 239 g/mol. The van der Waals surface area contributed by atoms with E-state index in [0.29, 0.717) is 24.4 Å². The number of carbonyl (C=O) groups excluding carboxylic acids is 2. The molecule has 0 aromatic heterocycles. The van der Waals surface area contributed by atoms with Crippen molar-refractivity contribution in [3.05, 3.63) is 29.8 Å². The molecule has 0 unspecified atom stereocenters. The van der Waals surface area contributed by atoms with Crippen LogP contribution in [0.15, 0.2) is 24.3 Å². The van der Waals surface area contributed by atoms with Gasteiger partial charge >= 0.3 is 6.09 Å². The lowest BCUT2D eigenvalue weighted by Crippen LogP contribution is -2.37. The zero-order valence-corrected chi connectivity index (χ0v) is 9.24. The number of carbonyl (C=O) groups is 2. The van der Waals surface area contributed by atoms with Crippen molar-refractivity contribution in [2.45, 2.75) is 6.42 Å². The van der Waals surface area contributed by atoms with Crippen molar-refractivity contribution in [3.63, 3.8) is 0 Å². The van der Waals surface area contributed by atoms with Crippen molar-refractivity contribution in [2.75, 3.05) is 18.1 Å². The molecule has 2 rings (SSSR count). The summed E-state index contributed by atoms with van der Waals surface area (Å²) in [6, 6.07) is 6.55. The molecule has 1 heterocycles. The number of hydrogen-bond acceptors (Lipinski definition) is 3. The van der Waals surface area contributed by atoms with Gasteiger partial charge in [0.1, 0.15) is 0 Å². The molecule has 16 heavy (non-hydrogen) atoms. The van der Waals surface area contributed by atoms with Crippen molar-refractivity contribution >= 4 is 28.6 Å². The number of cyclic esters (lactones) is 1. The van der Waals surface area contributed by atoms with Crippen LogP contribution in [0, 0.1) is 0 Å². The standard InChI is InChI=1S/C11H10ClNO3/c12-10(14)8-2-4-9(5-3-8)13-6-1-7-16-11(13)15/h2-5H,1,6-7H2. The molecule has 0 aliphatic carbocycles. The minimum absolute atomic E-state index is 0.351. The van der Waals surface area contributed by atoms with E-state index in [9.17, 15) is 9.59 Å². The summed E-state index contributed by atoms with van der Waals surface area (Å²) in [5.41, 5.74) is 1.13. The molecule has 4 nitrogen and oxygen atoms in total. The first-order chi connectivity index (χ1) is 7.68. The van der Waals surface area contributed by atoms with Gasteiger partial charge in [-0.3, -0.25) is 9.69 Å².